The second kappa shape index (κ2) is 4.54. The van der Waals surface area contributed by atoms with Crippen LogP contribution in [0.5, 0.6) is 0 Å². The first-order valence-corrected chi connectivity index (χ1v) is 8.32. The zero-order valence-electron chi connectivity index (χ0n) is 13.4. The zero-order chi connectivity index (χ0) is 16.4. The van der Waals surface area contributed by atoms with Gasteiger partial charge in [-0.05, 0) is 30.3 Å². The number of benzene rings is 1. The highest BCUT2D eigenvalue weighted by Crippen LogP contribution is 2.31. The van der Waals surface area contributed by atoms with Crippen LogP contribution >= 0.6 is 0 Å². The second-order valence-corrected chi connectivity index (χ2v) is 6.30. The summed E-state index contributed by atoms with van der Waals surface area (Å²) in [4.78, 5) is 9.30. The Morgan fingerprint density at radius 3 is 2.64 bits per heavy atom. The largest absolute Gasteiger partial charge is 0.315 e. The molecule has 0 aliphatic carbocycles. The highest BCUT2D eigenvalue weighted by molar-refractivity contribution is 5.83. The minimum absolute atomic E-state index is 0.858. The van der Waals surface area contributed by atoms with Crippen LogP contribution in [0.4, 0.5) is 0 Å². The van der Waals surface area contributed by atoms with E-state index in [9.17, 15) is 0 Å². The zero-order valence-corrected chi connectivity index (χ0v) is 13.4. The lowest BCUT2D eigenvalue weighted by Gasteiger charge is -2.01. The van der Waals surface area contributed by atoms with Crippen molar-refractivity contribution in [2.24, 2.45) is 0 Å². The molecule has 0 spiro atoms. The van der Waals surface area contributed by atoms with Gasteiger partial charge in [0.25, 0.3) is 5.65 Å². The summed E-state index contributed by atoms with van der Waals surface area (Å²) < 4.78 is 6.76. The van der Waals surface area contributed by atoms with Gasteiger partial charge in [0.05, 0.1) is 5.69 Å². The molecule has 1 aliphatic heterocycles. The van der Waals surface area contributed by atoms with Gasteiger partial charge in [-0.25, -0.2) is 14.5 Å². The van der Waals surface area contributed by atoms with E-state index in [1.165, 1.54) is 5.56 Å². The molecule has 5 nitrogen and oxygen atoms in total. The highest BCUT2D eigenvalue weighted by Gasteiger charge is 2.34. The molecule has 25 heavy (non-hydrogen) atoms. The number of imidazole rings is 2. The Kier molecular flexibility index (Phi) is 2.34. The van der Waals surface area contributed by atoms with E-state index >= 15 is 0 Å². The molecule has 5 heterocycles. The average Bonchev–Trinajstić information content (AvgIpc) is 3.28. The lowest BCUT2D eigenvalue weighted by Crippen LogP contribution is -2.29. The Hall–Kier alpha value is -3.47. The van der Waals surface area contributed by atoms with Gasteiger partial charge in [-0.2, -0.15) is 4.40 Å². The molecule has 4 aromatic heterocycles. The second-order valence-electron chi connectivity index (χ2n) is 6.30. The van der Waals surface area contributed by atoms with E-state index < -0.39 is 0 Å². The standard InChI is InChI=1S/C20H14N5/c1-2-7-15(8-3-1)24-17-13-23-12-14-6-4-10-21-18(14)20(23)25(17)16-9-5-11-22-19(16)24/h1-11,13H,12H2/q+1. The fraction of sp³-hybridized carbons (Fsp3) is 0.0500. The number of hydrogen-bond acceptors (Lipinski definition) is 2. The summed E-state index contributed by atoms with van der Waals surface area (Å²) in [5.41, 5.74) is 6.57. The van der Waals surface area contributed by atoms with Crippen LogP contribution in [0, 0.1) is 0 Å². The number of fused-ring (bicyclic) bond motifs is 7. The number of aromatic nitrogens is 5. The summed E-state index contributed by atoms with van der Waals surface area (Å²) in [6, 6.07) is 18.6. The van der Waals surface area contributed by atoms with Crippen molar-refractivity contribution < 1.29 is 4.57 Å². The van der Waals surface area contributed by atoms with E-state index in [1.54, 1.807) is 0 Å². The third kappa shape index (κ3) is 1.59. The normalized spacial score (nSPS) is 12.6. The minimum Gasteiger partial charge on any atom is -0.254 e. The van der Waals surface area contributed by atoms with E-state index in [0.29, 0.717) is 0 Å². The van der Waals surface area contributed by atoms with E-state index in [4.69, 9.17) is 0 Å². The molecule has 0 unspecified atom stereocenters. The molecule has 6 rings (SSSR count). The monoisotopic (exact) mass is 324 g/mol. The molecule has 0 saturated heterocycles. The van der Waals surface area contributed by atoms with Gasteiger partial charge in [0.15, 0.2) is 23.1 Å². The Bertz CT molecular complexity index is 1260. The van der Waals surface area contributed by atoms with Crippen molar-refractivity contribution in [3.63, 3.8) is 0 Å². The Balaban J connectivity index is 1.81. The molecule has 0 fully saturated rings. The molecule has 5 aromatic rings. The quantitative estimate of drug-likeness (QED) is 0.436. The summed E-state index contributed by atoms with van der Waals surface area (Å²) >= 11 is 0. The molecule has 1 aromatic carbocycles. The molecule has 0 radical (unpaired) electrons. The number of hydrogen-bond donors (Lipinski definition) is 0. The molecule has 0 amide bonds. The number of rotatable bonds is 1. The van der Waals surface area contributed by atoms with Gasteiger partial charge in [0, 0.05) is 18.0 Å². The van der Waals surface area contributed by atoms with Crippen LogP contribution in [0.1, 0.15) is 5.56 Å². The maximum atomic E-state index is 4.66. The van der Waals surface area contributed by atoms with Crippen molar-refractivity contribution in [1.82, 2.24) is 18.9 Å². The fourth-order valence-electron chi connectivity index (χ4n) is 3.88. The first-order valence-electron chi connectivity index (χ1n) is 8.32. The van der Waals surface area contributed by atoms with Crippen LogP contribution in [-0.4, -0.2) is 18.9 Å². The third-order valence-electron chi connectivity index (χ3n) is 4.89. The van der Waals surface area contributed by atoms with Gasteiger partial charge in [-0.15, -0.1) is 0 Å². The van der Waals surface area contributed by atoms with Gasteiger partial charge >= 0.3 is 5.82 Å². The lowest BCUT2D eigenvalue weighted by molar-refractivity contribution is -0.670. The lowest BCUT2D eigenvalue weighted by atomic mass is 10.2. The molecular weight excluding hydrogens is 310 g/mol. The van der Waals surface area contributed by atoms with Crippen molar-refractivity contribution in [2.75, 3.05) is 0 Å². The third-order valence-corrected chi connectivity index (χ3v) is 4.89. The van der Waals surface area contributed by atoms with Crippen molar-refractivity contribution in [2.45, 2.75) is 6.54 Å². The predicted molar refractivity (Wildman–Crippen MR) is 94.6 cm³/mol. The molecule has 0 atom stereocenters. The molecular formula is C20H14N5+. The summed E-state index contributed by atoms with van der Waals surface area (Å²) in [7, 11) is 0. The Labute approximate surface area is 143 Å². The first kappa shape index (κ1) is 12.9. The van der Waals surface area contributed by atoms with Crippen LogP contribution in [0.3, 0.4) is 0 Å². The Morgan fingerprint density at radius 2 is 1.72 bits per heavy atom. The smallest absolute Gasteiger partial charge is 0.254 e. The summed E-state index contributed by atoms with van der Waals surface area (Å²) in [6.07, 6.45) is 5.91. The van der Waals surface area contributed by atoms with Gasteiger partial charge in [-0.1, -0.05) is 24.3 Å². The first-order chi connectivity index (χ1) is 12.4. The minimum atomic E-state index is 0.858. The molecule has 5 heteroatoms. The van der Waals surface area contributed by atoms with Crippen molar-refractivity contribution in [3.05, 3.63) is 78.8 Å². The van der Waals surface area contributed by atoms with Crippen LogP contribution < -0.4 is 4.57 Å². The topological polar surface area (TPSA) is 39.0 Å². The van der Waals surface area contributed by atoms with E-state index in [2.05, 4.69) is 66.1 Å². The predicted octanol–water partition coefficient (Wildman–Crippen LogP) is 2.99. The van der Waals surface area contributed by atoms with Crippen LogP contribution in [0.25, 0.3) is 34.0 Å². The SMILES string of the molecule is c1ccc(-n2c3ncccc3n3c4[n+](cc23)Cc2cccnc2-4)cc1. The fourth-order valence-corrected chi connectivity index (χ4v) is 3.88. The van der Waals surface area contributed by atoms with Crippen molar-refractivity contribution in [1.29, 1.82) is 0 Å². The van der Waals surface area contributed by atoms with Crippen LogP contribution in [0.15, 0.2) is 73.2 Å². The molecule has 1 aliphatic rings. The van der Waals surface area contributed by atoms with Crippen LogP contribution in [0.2, 0.25) is 0 Å². The molecule has 0 bridgehead atoms. The van der Waals surface area contributed by atoms with E-state index in [0.717, 1.165) is 40.6 Å². The highest BCUT2D eigenvalue weighted by atomic mass is 15.3. The van der Waals surface area contributed by atoms with Crippen LogP contribution in [-0.2, 0) is 6.54 Å². The van der Waals surface area contributed by atoms with Crippen molar-refractivity contribution >= 4 is 16.8 Å². The maximum Gasteiger partial charge on any atom is 0.315 e. The van der Waals surface area contributed by atoms with Gasteiger partial charge in [0.1, 0.15) is 6.54 Å². The van der Waals surface area contributed by atoms with Gasteiger partial charge in [-0.3, -0.25) is 4.57 Å². The number of pyridine rings is 2. The maximum absolute atomic E-state index is 4.66. The Morgan fingerprint density at radius 1 is 0.880 bits per heavy atom. The van der Waals surface area contributed by atoms with E-state index in [-0.39, 0.29) is 0 Å². The summed E-state index contributed by atoms with van der Waals surface area (Å²) in [6.45, 7) is 0.858. The number of para-hydroxylation sites is 1. The molecule has 0 saturated carbocycles. The number of nitrogens with zero attached hydrogens (tertiary/aromatic N) is 5. The van der Waals surface area contributed by atoms with Gasteiger partial charge in [0.2, 0.25) is 0 Å². The van der Waals surface area contributed by atoms with E-state index in [1.807, 2.05) is 30.6 Å². The van der Waals surface area contributed by atoms with Gasteiger partial charge < -0.3 is 0 Å². The summed E-state index contributed by atoms with van der Waals surface area (Å²) in [5.74, 6) is 1.12. The average molecular weight is 324 g/mol. The van der Waals surface area contributed by atoms with Crippen molar-refractivity contribution in [3.8, 4) is 17.2 Å². The molecule has 0 N–H and O–H groups in total. The summed E-state index contributed by atoms with van der Waals surface area (Å²) in [5, 5.41) is 0. The molecule has 118 valence electrons.